The predicted octanol–water partition coefficient (Wildman–Crippen LogP) is 6.63. The Morgan fingerprint density at radius 3 is 2.97 bits per heavy atom. The summed E-state index contributed by atoms with van der Waals surface area (Å²) < 4.78 is 19.8. The van der Waals surface area contributed by atoms with Gasteiger partial charge >= 0.3 is 5.97 Å². The summed E-state index contributed by atoms with van der Waals surface area (Å²) in [6.07, 6.45) is 5.58. The Kier molecular flexibility index (Phi) is 9.27. The number of likely N-dealkylation sites (tertiary alicyclic amines) is 1. The number of hydrogen-bond acceptors (Lipinski definition) is 6. The molecule has 0 aliphatic carbocycles. The second kappa shape index (κ2) is 12.4. The van der Waals surface area contributed by atoms with Crippen LogP contribution in [-0.2, 0) is 11.2 Å². The third kappa shape index (κ3) is 6.88. The van der Waals surface area contributed by atoms with Gasteiger partial charge in [0, 0.05) is 36.8 Å². The van der Waals surface area contributed by atoms with E-state index in [0.717, 1.165) is 77.5 Å². The van der Waals surface area contributed by atoms with Crippen LogP contribution in [0.5, 0.6) is 5.75 Å². The van der Waals surface area contributed by atoms with Gasteiger partial charge in [0.15, 0.2) is 0 Å². The average molecular weight is 537 g/mol. The number of nitrogens with zero attached hydrogens (tertiary/aromatic N) is 2. The van der Waals surface area contributed by atoms with Crippen molar-refractivity contribution in [2.24, 2.45) is 11.8 Å². The molecule has 1 saturated heterocycles. The Balaban J connectivity index is 1.34. The summed E-state index contributed by atoms with van der Waals surface area (Å²) in [4.78, 5) is 18.3. The molecule has 2 atom stereocenters. The lowest BCUT2D eigenvalue weighted by Crippen LogP contribution is -2.42. The van der Waals surface area contributed by atoms with E-state index in [9.17, 15) is 14.3 Å². The number of fused-ring (bicyclic) bond motifs is 1. The summed E-state index contributed by atoms with van der Waals surface area (Å²) in [5.74, 6) is 1.17. The number of piperidine rings is 1. The maximum absolute atomic E-state index is 13.7. The molecule has 4 rings (SSSR count). The molecule has 188 valence electrons. The fourth-order valence-electron chi connectivity index (χ4n) is 4.97. The molecule has 0 radical (unpaired) electrons. The number of benzene rings is 1. The molecule has 3 aromatic rings. The minimum atomic E-state index is -0.743. The van der Waals surface area contributed by atoms with E-state index in [4.69, 9.17) is 16.3 Å². The maximum atomic E-state index is 13.7. The highest BCUT2D eigenvalue weighted by Crippen LogP contribution is 2.34. The Morgan fingerprint density at radius 2 is 2.23 bits per heavy atom. The summed E-state index contributed by atoms with van der Waals surface area (Å²) in [5, 5.41) is 12.9. The highest BCUT2D eigenvalue weighted by Gasteiger charge is 2.30. The topological polar surface area (TPSA) is 62.7 Å². The first-order chi connectivity index (χ1) is 16.9. The van der Waals surface area contributed by atoms with E-state index < -0.39 is 5.97 Å². The largest absolute Gasteiger partial charge is 0.497 e. The summed E-state index contributed by atoms with van der Waals surface area (Å²) in [6, 6.07) is 7.32. The number of hydrogen-bond donors (Lipinski definition) is 1. The summed E-state index contributed by atoms with van der Waals surface area (Å²) in [5.41, 5.74) is 1.96. The molecule has 1 aliphatic rings. The second-order valence-electron chi connectivity index (χ2n) is 8.97. The number of thioether (sulfide) groups is 1. The smallest absolute Gasteiger partial charge is 0.303 e. The number of aryl methyl sites for hydroxylation is 1. The van der Waals surface area contributed by atoms with Crippen molar-refractivity contribution in [3.63, 3.8) is 0 Å². The van der Waals surface area contributed by atoms with Crippen LogP contribution in [0.3, 0.4) is 0 Å². The van der Waals surface area contributed by atoms with E-state index in [1.807, 2.05) is 18.2 Å². The number of carbonyl (C=O) groups is 1. The molecule has 1 fully saturated rings. The highest BCUT2D eigenvalue weighted by molar-refractivity contribution is 8.01. The van der Waals surface area contributed by atoms with Gasteiger partial charge in [-0.15, -0.1) is 23.1 Å². The SMILES string of the molecule is COc1ccc2ncc(Cl)c(CCCC3CCN(CCSc4sccc4F)CC3CC(=O)O)c2c1. The fourth-order valence-corrected chi connectivity index (χ4v) is 7.14. The van der Waals surface area contributed by atoms with Gasteiger partial charge in [-0.3, -0.25) is 9.78 Å². The monoisotopic (exact) mass is 536 g/mol. The molecule has 0 amide bonds. The molecule has 2 aromatic heterocycles. The van der Waals surface area contributed by atoms with Crippen molar-refractivity contribution in [3.05, 3.63) is 52.2 Å². The number of carboxylic acid groups (broad SMARTS) is 1. The average Bonchev–Trinajstić information content (AvgIpc) is 3.25. The van der Waals surface area contributed by atoms with E-state index in [1.165, 1.54) is 29.2 Å². The summed E-state index contributed by atoms with van der Waals surface area (Å²) in [6.45, 7) is 2.57. The second-order valence-corrected chi connectivity index (χ2v) is 11.7. The number of aliphatic carboxylic acids is 1. The standard InChI is InChI=1S/C26H30ClFN2O3S2/c1-33-19-5-6-24-21(14-19)20(22(27)15-29-24)4-2-3-17-7-9-30(16-18(17)13-25(31)32)10-12-35-26-23(28)8-11-34-26/h5-6,8,11,14-15,17-18H,2-4,7,9-10,12-13,16H2,1H3,(H,31,32). The van der Waals surface area contributed by atoms with Gasteiger partial charge in [-0.1, -0.05) is 11.6 Å². The molecule has 1 aliphatic heterocycles. The lowest BCUT2D eigenvalue weighted by Gasteiger charge is -2.38. The Morgan fingerprint density at radius 1 is 1.37 bits per heavy atom. The van der Waals surface area contributed by atoms with Crippen LogP contribution in [-0.4, -0.2) is 53.5 Å². The molecule has 9 heteroatoms. The van der Waals surface area contributed by atoms with E-state index in [2.05, 4.69) is 9.88 Å². The van der Waals surface area contributed by atoms with Crippen molar-refractivity contribution in [1.29, 1.82) is 0 Å². The number of aromatic nitrogens is 1. The summed E-state index contributed by atoms with van der Waals surface area (Å²) >= 11 is 9.49. The molecule has 1 N–H and O–H groups in total. The molecule has 0 spiro atoms. The fraction of sp³-hybridized carbons (Fsp3) is 0.462. The molecular formula is C26H30ClFN2O3S2. The van der Waals surface area contributed by atoms with Crippen molar-refractivity contribution in [2.45, 2.75) is 36.3 Å². The number of halogens is 2. The van der Waals surface area contributed by atoms with Gasteiger partial charge in [-0.25, -0.2) is 4.39 Å². The Hall–Kier alpha value is -1.87. The minimum Gasteiger partial charge on any atom is -0.497 e. The van der Waals surface area contributed by atoms with Crippen molar-refractivity contribution in [2.75, 3.05) is 32.5 Å². The first-order valence-electron chi connectivity index (χ1n) is 11.9. The van der Waals surface area contributed by atoms with Gasteiger partial charge < -0.3 is 14.7 Å². The normalized spacial score (nSPS) is 18.7. The zero-order valence-electron chi connectivity index (χ0n) is 19.7. The van der Waals surface area contributed by atoms with Gasteiger partial charge in [0.1, 0.15) is 11.6 Å². The van der Waals surface area contributed by atoms with Crippen molar-refractivity contribution >= 4 is 51.6 Å². The lowest BCUT2D eigenvalue weighted by molar-refractivity contribution is -0.139. The molecule has 0 saturated carbocycles. The van der Waals surface area contributed by atoms with Crippen LogP contribution >= 0.6 is 34.7 Å². The van der Waals surface area contributed by atoms with E-state index in [0.29, 0.717) is 10.9 Å². The van der Waals surface area contributed by atoms with Crippen LogP contribution in [0.2, 0.25) is 5.02 Å². The zero-order valence-corrected chi connectivity index (χ0v) is 22.1. The van der Waals surface area contributed by atoms with Gasteiger partial charge in [0.05, 0.1) is 21.9 Å². The first kappa shape index (κ1) is 26.2. The number of methoxy groups -OCH3 is 1. The molecule has 5 nitrogen and oxygen atoms in total. The number of rotatable bonds is 11. The van der Waals surface area contributed by atoms with Crippen molar-refractivity contribution < 1.29 is 19.0 Å². The Labute approximate surface area is 218 Å². The Bertz CT molecular complexity index is 1160. The summed E-state index contributed by atoms with van der Waals surface area (Å²) in [7, 11) is 1.65. The molecule has 3 heterocycles. The van der Waals surface area contributed by atoms with Crippen LogP contribution < -0.4 is 4.74 Å². The molecule has 2 unspecified atom stereocenters. The first-order valence-corrected chi connectivity index (χ1v) is 14.1. The molecule has 1 aromatic carbocycles. The van der Waals surface area contributed by atoms with Crippen LogP contribution in [0, 0.1) is 17.7 Å². The van der Waals surface area contributed by atoms with Gasteiger partial charge in [0.25, 0.3) is 0 Å². The van der Waals surface area contributed by atoms with Gasteiger partial charge in [-0.2, -0.15) is 0 Å². The van der Waals surface area contributed by atoms with Gasteiger partial charge in [-0.05, 0) is 79.3 Å². The third-order valence-corrected chi connectivity index (χ3v) is 9.27. The number of thiophene rings is 1. The molecule has 0 bridgehead atoms. The lowest BCUT2D eigenvalue weighted by atomic mass is 9.80. The van der Waals surface area contributed by atoms with Crippen molar-refractivity contribution in [1.82, 2.24) is 9.88 Å². The zero-order chi connectivity index (χ0) is 24.8. The number of ether oxygens (including phenoxy) is 1. The predicted molar refractivity (Wildman–Crippen MR) is 142 cm³/mol. The molecule has 35 heavy (non-hydrogen) atoms. The van der Waals surface area contributed by atoms with Crippen LogP contribution in [0.15, 0.2) is 40.1 Å². The van der Waals surface area contributed by atoms with Crippen LogP contribution in [0.4, 0.5) is 4.39 Å². The van der Waals surface area contributed by atoms with Crippen LogP contribution in [0.25, 0.3) is 10.9 Å². The minimum absolute atomic E-state index is 0.120. The highest BCUT2D eigenvalue weighted by atomic mass is 35.5. The number of carboxylic acids is 1. The van der Waals surface area contributed by atoms with Crippen molar-refractivity contribution in [3.8, 4) is 5.75 Å². The van der Waals surface area contributed by atoms with E-state index in [-0.39, 0.29) is 18.2 Å². The van der Waals surface area contributed by atoms with E-state index >= 15 is 0 Å². The third-order valence-electron chi connectivity index (χ3n) is 6.77. The molecular weight excluding hydrogens is 507 g/mol. The van der Waals surface area contributed by atoms with E-state index in [1.54, 1.807) is 18.7 Å². The maximum Gasteiger partial charge on any atom is 0.303 e. The van der Waals surface area contributed by atoms with Gasteiger partial charge in [0.2, 0.25) is 0 Å². The number of pyridine rings is 1. The quantitative estimate of drug-likeness (QED) is 0.278. The van der Waals surface area contributed by atoms with Crippen LogP contribution in [0.1, 0.15) is 31.2 Å².